The molecule has 1 N–H and O–H groups in total. The van der Waals surface area contributed by atoms with E-state index in [9.17, 15) is 13.2 Å². The second-order valence-electron chi connectivity index (χ2n) is 6.66. The minimum atomic E-state index is -3.24. The summed E-state index contributed by atoms with van der Waals surface area (Å²) in [6.07, 6.45) is 2.98. The zero-order valence-corrected chi connectivity index (χ0v) is 15.7. The van der Waals surface area contributed by atoms with Crippen LogP contribution >= 0.6 is 0 Å². The van der Waals surface area contributed by atoms with Gasteiger partial charge >= 0.3 is 0 Å². The highest BCUT2D eigenvalue weighted by atomic mass is 32.2. The summed E-state index contributed by atoms with van der Waals surface area (Å²) in [5.74, 6) is -0.194. The van der Waals surface area contributed by atoms with Crippen LogP contribution in [0, 0.1) is 19.8 Å². The van der Waals surface area contributed by atoms with Crippen LogP contribution in [0.15, 0.2) is 18.2 Å². The van der Waals surface area contributed by atoms with E-state index in [-0.39, 0.29) is 17.6 Å². The van der Waals surface area contributed by atoms with Crippen LogP contribution in [-0.2, 0) is 14.8 Å². The van der Waals surface area contributed by atoms with Crippen molar-refractivity contribution in [2.24, 2.45) is 5.92 Å². The number of nitrogens with one attached hydrogen (secondary N) is 1. The Morgan fingerprint density at radius 2 is 2.04 bits per heavy atom. The molecule has 24 heavy (non-hydrogen) atoms. The first-order valence-electron chi connectivity index (χ1n) is 8.69. The van der Waals surface area contributed by atoms with E-state index in [1.807, 2.05) is 39.0 Å². The number of aryl methyl sites for hydroxylation is 2. The average molecular weight is 353 g/mol. The van der Waals surface area contributed by atoms with Gasteiger partial charge in [-0.05, 0) is 56.4 Å². The summed E-state index contributed by atoms with van der Waals surface area (Å²) in [6, 6.07) is 5.82. The third-order valence-corrected chi connectivity index (χ3v) is 6.60. The van der Waals surface area contributed by atoms with Gasteiger partial charge in [0.2, 0.25) is 15.9 Å². The Balaban J connectivity index is 2.00. The van der Waals surface area contributed by atoms with E-state index in [1.165, 1.54) is 9.87 Å². The Morgan fingerprint density at radius 3 is 2.71 bits per heavy atom. The number of unbranched alkanes of at least 4 members (excludes halogenated alkanes) is 1. The van der Waals surface area contributed by atoms with Gasteiger partial charge in [0.15, 0.2) is 0 Å². The summed E-state index contributed by atoms with van der Waals surface area (Å²) in [4.78, 5) is 12.5. The lowest BCUT2D eigenvalue weighted by molar-refractivity contribution is -0.120. The van der Waals surface area contributed by atoms with Crippen molar-refractivity contribution in [1.29, 1.82) is 0 Å². The Hall–Kier alpha value is -1.40. The van der Waals surface area contributed by atoms with E-state index in [0.717, 1.165) is 30.5 Å². The molecule has 1 fully saturated rings. The highest BCUT2D eigenvalue weighted by Crippen LogP contribution is 2.22. The fourth-order valence-electron chi connectivity index (χ4n) is 2.93. The van der Waals surface area contributed by atoms with E-state index in [1.54, 1.807) is 0 Å². The van der Waals surface area contributed by atoms with Crippen LogP contribution < -0.4 is 5.32 Å². The molecule has 0 aliphatic carbocycles. The van der Waals surface area contributed by atoms with Crippen molar-refractivity contribution in [1.82, 2.24) is 4.31 Å². The van der Waals surface area contributed by atoms with E-state index >= 15 is 0 Å². The Bertz CT molecular complexity index is 686. The number of anilines is 1. The molecule has 6 heteroatoms. The van der Waals surface area contributed by atoms with Crippen molar-refractivity contribution >= 4 is 21.6 Å². The number of sulfonamides is 1. The molecule has 0 unspecified atom stereocenters. The molecular weight excluding hydrogens is 324 g/mol. The normalized spacial score (nSPS) is 19.2. The fraction of sp³-hybridized carbons (Fsp3) is 0.611. The molecule has 134 valence electrons. The second-order valence-corrected chi connectivity index (χ2v) is 8.74. The van der Waals surface area contributed by atoms with Crippen LogP contribution in [0.4, 0.5) is 5.69 Å². The number of hydrogen-bond donors (Lipinski definition) is 1. The lowest BCUT2D eigenvalue weighted by Crippen LogP contribution is -2.44. The summed E-state index contributed by atoms with van der Waals surface area (Å²) in [5.41, 5.74) is 3.08. The molecule has 1 aliphatic rings. The molecule has 0 spiro atoms. The number of carbonyl (C=O) groups excluding carboxylic acids is 1. The number of nitrogens with zero attached hydrogens (tertiary/aromatic N) is 1. The monoisotopic (exact) mass is 352 g/mol. The molecule has 2 rings (SSSR count). The maximum absolute atomic E-state index is 12.5. The first-order valence-corrected chi connectivity index (χ1v) is 10.3. The minimum absolute atomic E-state index is 0.0892. The summed E-state index contributed by atoms with van der Waals surface area (Å²) < 4.78 is 26.2. The van der Waals surface area contributed by atoms with Gasteiger partial charge in [0.1, 0.15) is 0 Å². The minimum Gasteiger partial charge on any atom is -0.326 e. The number of benzene rings is 1. The molecule has 1 amide bonds. The van der Waals surface area contributed by atoms with Crippen molar-refractivity contribution in [3.63, 3.8) is 0 Å². The molecule has 0 radical (unpaired) electrons. The van der Waals surface area contributed by atoms with Crippen molar-refractivity contribution in [2.45, 2.75) is 46.5 Å². The lowest BCUT2D eigenvalue weighted by Gasteiger charge is -2.31. The smallest absolute Gasteiger partial charge is 0.228 e. The largest absolute Gasteiger partial charge is 0.326 e. The van der Waals surface area contributed by atoms with Crippen LogP contribution in [0.5, 0.6) is 0 Å². The molecule has 1 atom stereocenters. The SMILES string of the molecule is CCCCS(=O)(=O)N1CCC[C@@H](C(=O)Nc2ccc(C)c(C)c2)C1. The van der Waals surface area contributed by atoms with Crippen LogP contribution in [0.25, 0.3) is 0 Å². The molecule has 1 saturated heterocycles. The maximum atomic E-state index is 12.5. The van der Waals surface area contributed by atoms with Crippen molar-refractivity contribution in [2.75, 3.05) is 24.2 Å². The Kier molecular flexibility index (Phi) is 6.40. The maximum Gasteiger partial charge on any atom is 0.228 e. The highest BCUT2D eigenvalue weighted by molar-refractivity contribution is 7.89. The van der Waals surface area contributed by atoms with Crippen LogP contribution in [0.2, 0.25) is 0 Å². The van der Waals surface area contributed by atoms with Gasteiger partial charge in [-0.3, -0.25) is 4.79 Å². The van der Waals surface area contributed by atoms with Gasteiger partial charge in [-0.15, -0.1) is 0 Å². The first kappa shape index (κ1) is 18.9. The molecule has 5 nitrogen and oxygen atoms in total. The first-order chi connectivity index (χ1) is 11.3. The predicted octanol–water partition coefficient (Wildman–Crippen LogP) is 3.08. The third-order valence-electron chi connectivity index (χ3n) is 4.68. The van der Waals surface area contributed by atoms with E-state index in [0.29, 0.717) is 19.5 Å². The summed E-state index contributed by atoms with van der Waals surface area (Å²) >= 11 is 0. The molecule has 0 bridgehead atoms. The quantitative estimate of drug-likeness (QED) is 0.855. The lowest BCUT2D eigenvalue weighted by atomic mass is 9.98. The van der Waals surface area contributed by atoms with Crippen molar-refractivity contribution in [3.8, 4) is 0 Å². The molecule has 0 aromatic heterocycles. The van der Waals surface area contributed by atoms with Gasteiger partial charge in [-0.2, -0.15) is 0 Å². The fourth-order valence-corrected chi connectivity index (χ4v) is 4.65. The zero-order valence-electron chi connectivity index (χ0n) is 14.8. The topological polar surface area (TPSA) is 66.5 Å². The number of piperidine rings is 1. The van der Waals surface area contributed by atoms with Gasteiger partial charge in [0.25, 0.3) is 0 Å². The third kappa shape index (κ3) is 4.80. The zero-order chi connectivity index (χ0) is 17.7. The van der Waals surface area contributed by atoms with Gasteiger partial charge in [0.05, 0.1) is 11.7 Å². The van der Waals surface area contributed by atoms with Gasteiger partial charge < -0.3 is 5.32 Å². The second kappa shape index (κ2) is 8.12. The summed E-state index contributed by atoms with van der Waals surface area (Å²) in [5, 5.41) is 2.93. The molecule has 1 aromatic rings. The van der Waals surface area contributed by atoms with Gasteiger partial charge in [-0.1, -0.05) is 19.4 Å². The number of rotatable bonds is 6. The molecule has 1 aliphatic heterocycles. The number of hydrogen-bond acceptors (Lipinski definition) is 3. The summed E-state index contributed by atoms with van der Waals surface area (Å²) in [7, 11) is -3.24. The van der Waals surface area contributed by atoms with Crippen molar-refractivity contribution in [3.05, 3.63) is 29.3 Å². The van der Waals surface area contributed by atoms with E-state index in [4.69, 9.17) is 0 Å². The predicted molar refractivity (Wildman–Crippen MR) is 97.5 cm³/mol. The molecular formula is C18H28N2O3S. The van der Waals surface area contributed by atoms with E-state index in [2.05, 4.69) is 5.32 Å². The molecule has 1 aromatic carbocycles. The Labute approximate surface area is 145 Å². The highest BCUT2D eigenvalue weighted by Gasteiger charge is 2.31. The standard InChI is InChI=1S/C18H28N2O3S/c1-4-5-11-24(22,23)20-10-6-7-16(13-20)18(21)19-17-9-8-14(2)15(3)12-17/h8-9,12,16H,4-7,10-11,13H2,1-3H3,(H,19,21)/t16-/m1/s1. The Morgan fingerprint density at radius 1 is 1.29 bits per heavy atom. The number of amides is 1. The van der Waals surface area contributed by atoms with Crippen LogP contribution in [0.1, 0.15) is 43.7 Å². The van der Waals surface area contributed by atoms with E-state index < -0.39 is 10.0 Å². The molecule has 0 saturated carbocycles. The average Bonchev–Trinajstić information content (AvgIpc) is 2.56. The number of carbonyl (C=O) groups is 1. The van der Waals surface area contributed by atoms with Gasteiger partial charge in [0, 0.05) is 18.8 Å². The van der Waals surface area contributed by atoms with Crippen LogP contribution in [-0.4, -0.2) is 37.5 Å². The molecule has 1 heterocycles. The van der Waals surface area contributed by atoms with Crippen molar-refractivity contribution < 1.29 is 13.2 Å². The van der Waals surface area contributed by atoms with Crippen LogP contribution in [0.3, 0.4) is 0 Å². The van der Waals surface area contributed by atoms with Gasteiger partial charge in [-0.25, -0.2) is 12.7 Å². The summed E-state index contributed by atoms with van der Waals surface area (Å²) in [6.45, 7) is 6.84.